The van der Waals surface area contributed by atoms with Gasteiger partial charge in [-0.2, -0.15) is 5.09 Å². The smallest absolute Gasteiger partial charge is 0.405 e. The van der Waals surface area contributed by atoms with Crippen LogP contribution in [0.2, 0.25) is 0 Å². The number of likely N-dealkylation sites (tertiary alicyclic amines) is 1. The van der Waals surface area contributed by atoms with Gasteiger partial charge in [-0.3, -0.25) is 4.90 Å². The Bertz CT molecular complexity index is 686. The second-order valence-corrected chi connectivity index (χ2v) is 8.76. The lowest BCUT2D eigenvalue weighted by Crippen LogP contribution is -2.46. The van der Waals surface area contributed by atoms with Crippen LogP contribution in [-0.4, -0.2) is 30.1 Å². The first-order valence-electron chi connectivity index (χ1n) is 9.66. The average molecular weight is 388 g/mol. The number of rotatable bonds is 8. The highest BCUT2D eigenvalue weighted by Gasteiger charge is 2.30. The number of para-hydroxylation sites is 2. The van der Waals surface area contributed by atoms with E-state index in [0.29, 0.717) is 30.1 Å². The molecule has 5 nitrogen and oxygen atoms in total. The van der Waals surface area contributed by atoms with Gasteiger partial charge in [0.1, 0.15) is 11.5 Å². The predicted octanol–water partition coefficient (Wildman–Crippen LogP) is 5.11. The predicted molar refractivity (Wildman–Crippen MR) is 109 cm³/mol. The maximum absolute atomic E-state index is 13.4. The fourth-order valence-electron chi connectivity index (χ4n) is 3.55. The zero-order valence-electron chi connectivity index (χ0n) is 16.1. The lowest BCUT2D eigenvalue weighted by Gasteiger charge is -2.39. The maximum Gasteiger partial charge on any atom is 0.512 e. The minimum Gasteiger partial charge on any atom is -0.405 e. The van der Waals surface area contributed by atoms with Crippen molar-refractivity contribution in [3.05, 3.63) is 60.7 Å². The van der Waals surface area contributed by atoms with Crippen molar-refractivity contribution in [2.24, 2.45) is 0 Å². The molecule has 0 saturated carbocycles. The van der Waals surface area contributed by atoms with Crippen LogP contribution in [0.25, 0.3) is 0 Å². The van der Waals surface area contributed by atoms with Crippen LogP contribution in [0, 0.1) is 0 Å². The third kappa shape index (κ3) is 5.83. The molecule has 3 rings (SSSR count). The van der Waals surface area contributed by atoms with Gasteiger partial charge in [-0.1, -0.05) is 42.8 Å². The first-order chi connectivity index (χ1) is 13.1. The molecule has 1 heterocycles. The average Bonchev–Trinajstić information content (AvgIpc) is 2.66. The Kier molecular flexibility index (Phi) is 6.95. The number of nitrogens with one attached hydrogen (secondary N) is 1. The molecule has 2 aromatic rings. The molecule has 1 saturated heterocycles. The molecular weight excluding hydrogens is 359 g/mol. The van der Waals surface area contributed by atoms with Crippen LogP contribution in [0.4, 0.5) is 0 Å². The summed E-state index contributed by atoms with van der Waals surface area (Å²) in [7, 11) is -3.55. The van der Waals surface area contributed by atoms with E-state index < -0.39 is 7.75 Å². The maximum atomic E-state index is 13.4. The van der Waals surface area contributed by atoms with Crippen LogP contribution in [0.3, 0.4) is 0 Å². The molecule has 0 spiro atoms. The van der Waals surface area contributed by atoms with Crippen molar-refractivity contribution in [3.63, 3.8) is 0 Å². The minimum atomic E-state index is -3.55. The number of benzene rings is 2. The van der Waals surface area contributed by atoms with Gasteiger partial charge in [-0.05, 0) is 51.0 Å². The van der Waals surface area contributed by atoms with Crippen LogP contribution in [0.1, 0.15) is 33.1 Å². The van der Waals surface area contributed by atoms with Crippen molar-refractivity contribution in [2.45, 2.75) is 45.2 Å². The Morgan fingerprint density at radius 1 is 0.926 bits per heavy atom. The molecule has 1 fully saturated rings. The van der Waals surface area contributed by atoms with Gasteiger partial charge in [0.05, 0.1) is 0 Å². The molecule has 2 unspecified atom stereocenters. The standard InChI is InChI=1S/C21H29N2O3P/c1-18-10-9-11-19(2)23(18)17-16-22-27(24,25-20-12-5-3-6-13-20)26-21-14-7-4-8-15-21/h3-8,12-15,18-19H,9-11,16-17H2,1-2H3,(H,22,24). The molecule has 1 aliphatic heterocycles. The molecule has 0 radical (unpaired) electrons. The van der Waals surface area contributed by atoms with Crippen LogP contribution in [0.5, 0.6) is 11.5 Å². The molecule has 2 atom stereocenters. The summed E-state index contributed by atoms with van der Waals surface area (Å²) in [6.07, 6.45) is 3.70. The van der Waals surface area contributed by atoms with Crippen LogP contribution < -0.4 is 14.1 Å². The largest absolute Gasteiger partial charge is 0.512 e. The van der Waals surface area contributed by atoms with Gasteiger partial charge >= 0.3 is 7.75 Å². The molecule has 0 bridgehead atoms. The quantitative estimate of drug-likeness (QED) is 0.637. The highest BCUT2D eigenvalue weighted by Crippen LogP contribution is 2.44. The molecule has 1 aliphatic rings. The van der Waals surface area contributed by atoms with Crippen LogP contribution in [-0.2, 0) is 4.57 Å². The fraction of sp³-hybridized carbons (Fsp3) is 0.429. The summed E-state index contributed by atoms with van der Waals surface area (Å²) < 4.78 is 24.9. The molecule has 27 heavy (non-hydrogen) atoms. The van der Waals surface area contributed by atoms with Crippen LogP contribution >= 0.6 is 7.75 Å². The Morgan fingerprint density at radius 3 is 1.89 bits per heavy atom. The summed E-state index contributed by atoms with van der Waals surface area (Å²) >= 11 is 0. The van der Waals surface area contributed by atoms with Gasteiger partial charge in [-0.25, -0.2) is 4.57 Å². The van der Waals surface area contributed by atoms with Gasteiger partial charge in [0.2, 0.25) is 0 Å². The van der Waals surface area contributed by atoms with Crippen LogP contribution in [0.15, 0.2) is 60.7 Å². The second-order valence-electron chi connectivity index (χ2n) is 7.08. The van der Waals surface area contributed by atoms with E-state index in [1.807, 2.05) is 36.4 Å². The van der Waals surface area contributed by atoms with E-state index in [9.17, 15) is 4.57 Å². The first kappa shape index (κ1) is 19.9. The van der Waals surface area contributed by atoms with Crippen molar-refractivity contribution in [3.8, 4) is 11.5 Å². The second kappa shape index (κ2) is 9.41. The Balaban J connectivity index is 1.66. The van der Waals surface area contributed by atoms with Gasteiger partial charge in [-0.15, -0.1) is 0 Å². The van der Waals surface area contributed by atoms with E-state index >= 15 is 0 Å². The summed E-state index contributed by atoms with van der Waals surface area (Å²) in [6.45, 7) is 5.86. The van der Waals surface area contributed by atoms with Crippen molar-refractivity contribution in [2.75, 3.05) is 13.1 Å². The lowest BCUT2D eigenvalue weighted by atomic mass is 9.98. The van der Waals surface area contributed by atoms with E-state index in [-0.39, 0.29) is 0 Å². The fourth-order valence-corrected chi connectivity index (χ4v) is 4.89. The lowest BCUT2D eigenvalue weighted by molar-refractivity contribution is 0.106. The number of nitrogens with zero attached hydrogens (tertiary/aromatic N) is 1. The normalized spacial score (nSPS) is 21.0. The first-order valence-corrected chi connectivity index (χ1v) is 11.2. The van der Waals surface area contributed by atoms with E-state index in [2.05, 4.69) is 23.8 Å². The van der Waals surface area contributed by atoms with Crippen molar-refractivity contribution < 1.29 is 13.6 Å². The molecule has 2 aromatic carbocycles. The Morgan fingerprint density at radius 2 is 1.41 bits per heavy atom. The van der Waals surface area contributed by atoms with E-state index in [1.54, 1.807) is 24.3 Å². The minimum absolute atomic E-state index is 0.518. The number of piperidine rings is 1. The monoisotopic (exact) mass is 388 g/mol. The molecule has 146 valence electrons. The summed E-state index contributed by atoms with van der Waals surface area (Å²) in [5.74, 6) is 1.04. The summed E-state index contributed by atoms with van der Waals surface area (Å²) in [5.41, 5.74) is 0. The molecule has 0 aromatic heterocycles. The summed E-state index contributed by atoms with van der Waals surface area (Å²) in [4.78, 5) is 2.46. The van der Waals surface area contributed by atoms with Crippen molar-refractivity contribution in [1.82, 2.24) is 9.99 Å². The topological polar surface area (TPSA) is 50.8 Å². The molecule has 1 N–H and O–H groups in total. The molecular formula is C21H29N2O3P. The van der Waals surface area contributed by atoms with E-state index in [0.717, 1.165) is 6.54 Å². The van der Waals surface area contributed by atoms with Gasteiger partial charge < -0.3 is 9.05 Å². The van der Waals surface area contributed by atoms with Gasteiger partial charge in [0.15, 0.2) is 0 Å². The van der Waals surface area contributed by atoms with E-state index in [4.69, 9.17) is 9.05 Å². The number of hydrogen-bond acceptors (Lipinski definition) is 4. The van der Waals surface area contributed by atoms with Gasteiger partial charge in [0.25, 0.3) is 0 Å². The Labute approximate surface area is 162 Å². The highest BCUT2D eigenvalue weighted by molar-refractivity contribution is 7.52. The zero-order valence-corrected chi connectivity index (χ0v) is 17.0. The third-order valence-electron chi connectivity index (χ3n) is 4.99. The Hall–Kier alpha value is -1.81. The zero-order chi connectivity index (χ0) is 19.1. The summed E-state index contributed by atoms with van der Waals surface area (Å²) in [5, 5.41) is 3.05. The molecule has 0 amide bonds. The summed E-state index contributed by atoms with van der Waals surface area (Å²) in [6, 6.07) is 19.4. The van der Waals surface area contributed by atoms with Crippen molar-refractivity contribution >= 4 is 7.75 Å². The molecule has 0 aliphatic carbocycles. The highest BCUT2D eigenvalue weighted by atomic mass is 31.2. The third-order valence-corrected chi connectivity index (χ3v) is 6.50. The SMILES string of the molecule is CC1CCCC(C)N1CCNP(=O)(Oc1ccccc1)Oc1ccccc1. The molecule has 6 heteroatoms. The van der Waals surface area contributed by atoms with Gasteiger partial charge in [0, 0.05) is 25.2 Å². The number of hydrogen-bond donors (Lipinski definition) is 1. The van der Waals surface area contributed by atoms with E-state index in [1.165, 1.54) is 19.3 Å². The van der Waals surface area contributed by atoms with Crippen molar-refractivity contribution in [1.29, 1.82) is 0 Å².